The molecule has 164 valence electrons. The second-order valence-electron chi connectivity index (χ2n) is 9.14. The number of halogens is 1. The van der Waals surface area contributed by atoms with E-state index in [-0.39, 0.29) is 17.7 Å². The number of piperidine rings is 1. The second-order valence-corrected chi connectivity index (χ2v) is 10.1. The van der Waals surface area contributed by atoms with Crippen molar-refractivity contribution in [3.05, 3.63) is 34.3 Å². The van der Waals surface area contributed by atoms with E-state index in [2.05, 4.69) is 33.4 Å². The van der Waals surface area contributed by atoms with Crippen LogP contribution in [0.25, 0.3) is 0 Å². The van der Waals surface area contributed by atoms with Crippen molar-refractivity contribution < 1.29 is 14.3 Å². The Balaban J connectivity index is 1.47. The zero-order valence-corrected chi connectivity index (χ0v) is 19.3. The topological polar surface area (TPSA) is 58.6 Å². The Hall–Kier alpha value is -1.40. The Kier molecular flexibility index (Phi) is 7.14. The fraction of sp³-hybridized carbons (Fsp3) is 0.667. The summed E-state index contributed by atoms with van der Waals surface area (Å²) in [4.78, 5) is 28.7. The third kappa shape index (κ3) is 4.75. The first kappa shape index (κ1) is 21.8. The smallest absolute Gasteiger partial charge is 0.233 e. The number of amides is 2. The molecule has 1 atom stereocenters. The first-order chi connectivity index (χ1) is 14.6. The summed E-state index contributed by atoms with van der Waals surface area (Å²) in [7, 11) is 0. The molecule has 2 heterocycles. The van der Waals surface area contributed by atoms with Crippen LogP contribution >= 0.6 is 15.9 Å². The number of nitrogens with one attached hydrogen (secondary N) is 1. The minimum absolute atomic E-state index is 0.0913. The van der Waals surface area contributed by atoms with Crippen molar-refractivity contribution >= 4 is 27.7 Å². The van der Waals surface area contributed by atoms with Gasteiger partial charge in [-0.15, -0.1) is 0 Å². The predicted molar refractivity (Wildman–Crippen MR) is 120 cm³/mol. The van der Waals surface area contributed by atoms with Crippen molar-refractivity contribution in [2.24, 2.45) is 5.92 Å². The van der Waals surface area contributed by atoms with Gasteiger partial charge in [-0.25, -0.2) is 0 Å². The Morgan fingerprint density at radius 1 is 1.00 bits per heavy atom. The number of rotatable bonds is 4. The molecule has 1 aromatic carbocycles. The molecule has 1 N–H and O–H groups in total. The molecule has 0 radical (unpaired) electrons. The summed E-state index contributed by atoms with van der Waals surface area (Å²) >= 11 is 3.50. The zero-order valence-electron chi connectivity index (χ0n) is 17.7. The van der Waals surface area contributed by atoms with E-state index in [1.165, 1.54) is 19.3 Å². The van der Waals surface area contributed by atoms with Crippen molar-refractivity contribution in [2.45, 2.75) is 69.2 Å². The molecule has 1 saturated carbocycles. The molecule has 4 rings (SSSR count). The molecule has 3 aliphatic rings. The first-order valence-electron chi connectivity index (χ1n) is 11.5. The summed E-state index contributed by atoms with van der Waals surface area (Å²) in [6.45, 7) is 2.48. The Morgan fingerprint density at radius 2 is 1.70 bits per heavy atom. The number of nitrogens with zero attached hydrogens (tertiary/aromatic N) is 1. The Bertz CT molecular complexity index is 739. The Labute approximate surface area is 188 Å². The van der Waals surface area contributed by atoms with E-state index in [9.17, 15) is 9.59 Å². The lowest BCUT2D eigenvalue weighted by molar-refractivity contribution is -0.144. The molecule has 1 aromatic rings. The monoisotopic (exact) mass is 476 g/mol. The maximum absolute atomic E-state index is 13.8. The van der Waals surface area contributed by atoms with Crippen molar-refractivity contribution in [2.75, 3.05) is 26.3 Å². The van der Waals surface area contributed by atoms with Crippen LogP contribution in [0.2, 0.25) is 0 Å². The third-order valence-electron chi connectivity index (χ3n) is 7.18. The van der Waals surface area contributed by atoms with E-state index in [0.717, 1.165) is 42.3 Å². The highest BCUT2D eigenvalue weighted by Crippen LogP contribution is 2.38. The molecule has 5 nitrogen and oxygen atoms in total. The minimum atomic E-state index is -0.541. The lowest BCUT2D eigenvalue weighted by atomic mass is 9.72. The van der Waals surface area contributed by atoms with Gasteiger partial charge in [-0.05, 0) is 56.2 Å². The fourth-order valence-electron chi connectivity index (χ4n) is 5.36. The van der Waals surface area contributed by atoms with Crippen molar-refractivity contribution in [3.8, 4) is 0 Å². The summed E-state index contributed by atoms with van der Waals surface area (Å²) in [5.41, 5.74) is 0.522. The van der Waals surface area contributed by atoms with Gasteiger partial charge >= 0.3 is 0 Å². The van der Waals surface area contributed by atoms with Gasteiger partial charge in [-0.3, -0.25) is 9.59 Å². The quantitative estimate of drug-likeness (QED) is 0.708. The van der Waals surface area contributed by atoms with Crippen molar-refractivity contribution in [3.63, 3.8) is 0 Å². The number of hydrogen-bond donors (Lipinski definition) is 1. The molecule has 6 heteroatoms. The van der Waals surface area contributed by atoms with Crippen LogP contribution in [0.3, 0.4) is 0 Å². The van der Waals surface area contributed by atoms with Gasteiger partial charge in [-0.1, -0.05) is 47.3 Å². The fourth-order valence-corrected chi connectivity index (χ4v) is 5.62. The first-order valence-corrected chi connectivity index (χ1v) is 12.3. The normalized spacial score (nSPS) is 25.0. The molecule has 2 amide bonds. The molecule has 1 unspecified atom stereocenters. The maximum Gasteiger partial charge on any atom is 0.233 e. The van der Waals surface area contributed by atoms with Crippen molar-refractivity contribution in [1.29, 1.82) is 0 Å². The van der Waals surface area contributed by atoms with Crippen LogP contribution in [0.1, 0.15) is 63.4 Å². The van der Waals surface area contributed by atoms with E-state index in [0.29, 0.717) is 38.6 Å². The van der Waals surface area contributed by atoms with Gasteiger partial charge in [0.1, 0.15) is 0 Å². The highest BCUT2D eigenvalue weighted by Gasteiger charge is 2.45. The molecule has 1 aliphatic carbocycles. The molecule has 0 spiro atoms. The number of benzene rings is 1. The van der Waals surface area contributed by atoms with Gasteiger partial charge in [0.05, 0.1) is 11.3 Å². The largest absolute Gasteiger partial charge is 0.381 e. The molecule has 2 saturated heterocycles. The van der Waals surface area contributed by atoms with Crippen LogP contribution in [0.15, 0.2) is 28.7 Å². The second kappa shape index (κ2) is 9.82. The number of hydrogen-bond acceptors (Lipinski definition) is 3. The molecule has 0 bridgehead atoms. The van der Waals surface area contributed by atoms with E-state index in [1.54, 1.807) is 0 Å². The highest BCUT2D eigenvalue weighted by molar-refractivity contribution is 9.10. The Morgan fingerprint density at radius 3 is 2.40 bits per heavy atom. The summed E-state index contributed by atoms with van der Waals surface area (Å²) in [5, 5.41) is 3.27. The summed E-state index contributed by atoms with van der Waals surface area (Å²) in [5.74, 6) is 0.221. The maximum atomic E-state index is 13.8. The molecular formula is C24H33BrN2O3. The number of carbonyl (C=O) groups is 2. The van der Waals surface area contributed by atoms with E-state index in [4.69, 9.17) is 4.74 Å². The van der Waals surface area contributed by atoms with Gasteiger partial charge in [0.15, 0.2) is 0 Å². The third-order valence-corrected chi connectivity index (χ3v) is 7.71. The van der Waals surface area contributed by atoms with Crippen LogP contribution < -0.4 is 5.32 Å². The molecule has 30 heavy (non-hydrogen) atoms. The highest BCUT2D eigenvalue weighted by atomic mass is 79.9. The van der Waals surface area contributed by atoms with Gasteiger partial charge in [0, 0.05) is 36.8 Å². The van der Waals surface area contributed by atoms with Gasteiger partial charge in [0.25, 0.3) is 0 Å². The van der Waals surface area contributed by atoms with E-state index < -0.39 is 5.41 Å². The molecule has 3 fully saturated rings. The number of likely N-dealkylation sites (tertiary alicyclic amines) is 1. The lowest BCUT2D eigenvalue weighted by Crippen LogP contribution is -2.54. The summed E-state index contributed by atoms with van der Waals surface area (Å²) in [6, 6.07) is 8.46. The van der Waals surface area contributed by atoms with Crippen LogP contribution in [-0.4, -0.2) is 49.1 Å². The zero-order chi connectivity index (χ0) is 21.0. The van der Waals surface area contributed by atoms with Crippen LogP contribution in [0, 0.1) is 5.92 Å². The number of ether oxygens (including phenoxy) is 1. The SMILES string of the molecule is O=C(NC1CCCCC1)C1CCCN(C(=O)C2(c3ccc(Br)cc3)CCOCC2)C1. The molecular weight excluding hydrogens is 444 g/mol. The van der Waals surface area contributed by atoms with Crippen molar-refractivity contribution in [1.82, 2.24) is 10.2 Å². The average molecular weight is 477 g/mol. The van der Waals surface area contributed by atoms with Gasteiger partial charge < -0.3 is 15.0 Å². The van der Waals surface area contributed by atoms with Gasteiger partial charge in [0.2, 0.25) is 11.8 Å². The minimum Gasteiger partial charge on any atom is -0.381 e. The standard InChI is InChI=1S/C24H33BrN2O3/c25-20-10-8-19(9-11-20)24(12-15-30-16-13-24)23(29)27-14-4-5-18(17-27)22(28)26-21-6-2-1-3-7-21/h8-11,18,21H,1-7,12-17H2,(H,26,28). The van der Waals surface area contributed by atoms with Crippen LogP contribution in [0.4, 0.5) is 0 Å². The van der Waals surface area contributed by atoms with Gasteiger partial charge in [-0.2, -0.15) is 0 Å². The van der Waals surface area contributed by atoms with Crippen LogP contribution in [0.5, 0.6) is 0 Å². The summed E-state index contributed by atoms with van der Waals surface area (Å²) in [6.07, 6.45) is 9.03. The van der Waals surface area contributed by atoms with E-state index >= 15 is 0 Å². The average Bonchev–Trinajstić information content (AvgIpc) is 2.80. The van der Waals surface area contributed by atoms with Crippen LogP contribution in [-0.2, 0) is 19.7 Å². The predicted octanol–water partition coefficient (Wildman–Crippen LogP) is 4.18. The lowest BCUT2D eigenvalue weighted by Gasteiger charge is -2.42. The molecule has 0 aromatic heterocycles. The number of carbonyl (C=O) groups excluding carboxylic acids is 2. The molecule has 2 aliphatic heterocycles. The van der Waals surface area contributed by atoms with E-state index in [1.807, 2.05) is 17.0 Å². The summed E-state index contributed by atoms with van der Waals surface area (Å²) < 4.78 is 6.62.